The highest BCUT2D eigenvalue weighted by molar-refractivity contribution is 7.98. The predicted octanol–water partition coefficient (Wildman–Crippen LogP) is 3.28. The number of hydrogen-bond acceptors (Lipinski definition) is 7. The summed E-state index contributed by atoms with van der Waals surface area (Å²) >= 11 is 6.56. The fourth-order valence-corrected chi connectivity index (χ4v) is 3.88. The third kappa shape index (κ3) is 4.22. The van der Waals surface area contributed by atoms with E-state index in [0.717, 1.165) is 16.8 Å². The number of carbonyl (C=O) groups excluding carboxylic acids is 1. The maximum atomic E-state index is 12.8. The Morgan fingerprint density at radius 3 is 2.83 bits per heavy atom. The van der Waals surface area contributed by atoms with Crippen LogP contribution in [-0.2, 0) is 19.2 Å². The topological polar surface area (TPSA) is 102 Å². The van der Waals surface area contributed by atoms with E-state index in [1.54, 1.807) is 23.0 Å². The van der Waals surface area contributed by atoms with Crippen molar-refractivity contribution in [3.05, 3.63) is 64.6 Å². The molecule has 0 aliphatic carbocycles. The number of carbonyl (C=O) groups is 1. The van der Waals surface area contributed by atoms with Crippen LogP contribution in [0.3, 0.4) is 0 Å². The zero-order chi connectivity index (χ0) is 20.2. The summed E-state index contributed by atoms with van der Waals surface area (Å²) in [6.45, 7) is 0.414. The van der Waals surface area contributed by atoms with Gasteiger partial charge in [-0.2, -0.15) is 5.10 Å². The Balaban J connectivity index is 1.51. The van der Waals surface area contributed by atoms with Crippen LogP contribution < -0.4 is 5.32 Å². The second-order valence-electron chi connectivity index (χ2n) is 6.24. The van der Waals surface area contributed by atoms with Gasteiger partial charge in [-0.15, -0.1) is 0 Å². The zero-order valence-corrected chi connectivity index (χ0v) is 17.2. The van der Waals surface area contributed by atoms with Crippen LogP contribution in [0.2, 0.25) is 0 Å². The molecule has 1 amide bonds. The van der Waals surface area contributed by atoms with Gasteiger partial charge in [-0.1, -0.05) is 30.0 Å². The molecule has 148 valence electrons. The summed E-state index contributed by atoms with van der Waals surface area (Å²) in [6.07, 6.45) is 3.94. The van der Waals surface area contributed by atoms with Crippen molar-refractivity contribution < 1.29 is 9.21 Å². The number of furan rings is 1. The average molecular weight is 427 g/mol. The summed E-state index contributed by atoms with van der Waals surface area (Å²) in [5.41, 5.74) is 1.51. The number of para-hydroxylation sites is 1. The number of nitrogens with zero attached hydrogens (tertiary/aromatic N) is 4. The zero-order valence-electron chi connectivity index (χ0n) is 15.6. The van der Waals surface area contributed by atoms with Gasteiger partial charge in [0.1, 0.15) is 11.4 Å². The molecule has 3 heterocycles. The van der Waals surface area contributed by atoms with Gasteiger partial charge in [-0.05, 0) is 24.4 Å². The lowest BCUT2D eigenvalue weighted by molar-refractivity contribution is 0.0927. The number of rotatable bonds is 7. The molecule has 8 nitrogen and oxygen atoms in total. The van der Waals surface area contributed by atoms with E-state index in [0.29, 0.717) is 40.0 Å². The first kappa shape index (κ1) is 19.3. The van der Waals surface area contributed by atoms with Gasteiger partial charge in [0.25, 0.3) is 5.91 Å². The molecular formula is C19H18N6O2S2. The third-order valence-corrected chi connectivity index (χ3v) is 5.67. The Bertz CT molecular complexity index is 1200. The van der Waals surface area contributed by atoms with Crippen LogP contribution in [0, 0.1) is 4.77 Å². The lowest BCUT2D eigenvalue weighted by Crippen LogP contribution is -2.26. The molecule has 10 heteroatoms. The minimum atomic E-state index is -0.262. The fourth-order valence-electron chi connectivity index (χ4n) is 2.89. The van der Waals surface area contributed by atoms with Gasteiger partial charge in [0.05, 0.1) is 0 Å². The number of aromatic amines is 1. The summed E-state index contributed by atoms with van der Waals surface area (Å²) < 4.78 is 8.20. The van der Waals surface area contributed by atoms with Gasteiger partial charge in [-0.3, -0.25) is 9.89 Å². The standard InChI is InChI=1S/C19H18N6O2S2/c1-25-15(23-24-19(25)28)7-10-20-17(26)16-13(11-29-18-21-8-4-9-22-18)12-5-2-3-6-14(12)27-16/h2-6,8-9H,7,10-11H2,1H3,(H,20,26)(H,24,28). The first-order valence-electron chi connectivity index (χ1n) is 8.92. The monoisotopic (exact) mass is 426 g/mol. The molecule has 0 saturated heterocycles. The van der Waals surface area contributed by atoms with Gasteiger partial charge in [0.15, 0.2) is 15.7 Å². The summed E-state index contributed by atoms with van der Waals surface area (Å²) in [4.78, 5) is 21.3. The summed E-state index contributed by atoms with van der Waals surface area (Å²) in [5.74, 6) is 1.35. The van der Waals surface area contributed by atoms with E-state index >= 15 is 0 Å². The molecule has 0 fully saturated rings. The van der Waals surface area contributed by atoms with Crippen molar-refractivity contribution in [3.8, 4) is 0 Å². The molecular weight excluding hydrogens is 408 g/mol. The maximum absolute atomic E-state index is 12.8. The first-order valence-corrected chi connectivity index (χ1v) is 10.3. The molecule has 0 bridgehead atoms. The normalized spacial score (nSPS) is 11.1. The second-order valence-corrected chi connectivity index (χ2v) is 7.57. The Labute approximate surface area is 175 Å². The quantitative estimate of drug-likeness (QED) is 0.266. The van der Waals surface area contributed by atoms with Crippen molar-refractivity contribution in [2.24, 2.45) is 7.05 Å². The van der Waals surface area contributed by atoms with E-state index < -0.39 is 0 Å². The van der Waals surface area contributed by atoms with Crippen molar-refractivity contribution in [1.82, 2.24) is 30.0 Å². The van der Waals surface area contributed by atoms with Crippen molar-refractivity contribution >= 4 is 40.9 Å². The molecule has 4 aromatic rings. The predicted molar refractivity (Wildman–Crippen MR) is 112 cm³/mol. The Kier molecular flexibility index (Phi) is 5.72. The van der Waals surface area contributed by atoms with Crippen molar-refractivity contribution in [3.63, 3.8) is 0 Å². The highest BCUT2D eigenvalue weighted by Crippen LogP contribution is 2.30. The number of fused-ring (bicyclic) bond motifs is 1. The SMILES string of the molecule is Cn1c(CCNC(=O)c2oc3ccccc3c2CSc2ncccn2)n[nH]c1=S. The highest BCUT2D eigenvalue weighted by Gasteiger charge is 2.20. The molecule has 2 N–H and O–H groups in total. The van der Waals surface area contributed by atoms with E-state index in [9.17, 15) is 4.79 Å². The van der Waals surface area contributed by atoms with Crippen LogP contribution in [0.4, 0.5) is 0 Å². The number of nitrogens with one attached hydrogen (secondary N) is 2. The van der Waals surface area contributed by atoms with E-state index in [-0.39, 0.29) is 5.91 Å². The van der Waals surface area contributed by atoms with Crippen molar-refractivity contribution in [1.29, 1.82) is 0 Å². The van der Waals surface area contributed by atoms with Crippen LogP contribution in [-0.4, -0.2) is 37.2 Å². The largest absolute Gasteiger partial charge is 0.451 e. The van der Waals surface area contributed by atoms with Gasteiger partial charge in [-0.25, -0.2) is 9.97 Å². The number of thioether (sulfide) groups is 1. The van der Waals surface area contributed by atoms with E-state index in [2.05, 4.69) is 25.5 Å². The average Bonchev–Trinajstić information content (AvgIpc) is 3.28. The Morgan fingerprint density at radius 2 is 2.07 bits per heavy atom. The van der Waals surface area contributed by atoms with E-state index in [1.165, 1.54) is 11.8 Å². The molecule has 0 spiro atoms. The minimum absolute atomic E-state index is 0.262. The molecule has 0 saturated carbocycles. The van der Waals surface area contributed by atoms with Crippen LogP contribution in [0.5, 0.6) is 0 Å². The molecule has 1 aromatic carbocycles. The first-order chi connectivity index (χ1) is 14.1. The number of H-pyrrole nitrogens is 1. The Morgan fingerprint density at radius 1 is 1.28 bits per heavy atom. The summed E-state index contributed by atoms with van der Waals surface area (Å²) in [6, 6.07) is 9.39. The number of amides is 1. The molecule has 3 aromatic heterocycles. The van der Waals surface area contributed by atoms with Crippen LogP contribution >= 0.6 is 24.0 Å². The summed E-state index contributed by atoms with van der Waals surface area (Å²) in [5, 5.41) is 11.4. The van der Waals surface area contributed by atoms with Gasteiger partial charge >= 0.3 is 0 Å². The fraction of sp³-hybridized carbons (Fsp3) is 0.211. The molecule has 4 rings (SSSR count). The molecule has 0 aliphatic rings. The summed E-state index contributed by atoms with van der Waals surface area (Å²) in [7, 11) is 1.84. The van der Waals surface area contributed by atoms with Crippen LogP contribution in [0.1, 0.15) is 21.9 Å². The molecule has 0 radical (unpaired) electrons. The smallest absolute Gasteiger partial charge is 0.287 e. The molecule has 29 heavy (non-hydrogen) atoms. The number of hydrogen-bond donors (Lipinski definition) is 2. The molecule has 0 unspecified atom stereocenters. The van der Waals surface area contributed by atoms with Gasteiger partial charge < -0.3 is 14.3 Å². The maximum Gasteiger partial charge on any atom is 0.287 e. The lowest BCUT2D eigenvalue weighted by atomic mass is 10.1. The third-order valence-electron chi connectivity index (χ3n) is 4.40. The highest BCUT2D eigenvalue weighted by atomic mass is 32.2. The number of aromatic nitrogens is 5. The van der Waals surface area contributed by atoms with Gasteiger partial charge in [0, 0.05) is 49.1 Å². The lowest BCUT2D eigenvalue weighted by Gasteiger charge is -2.05. The van der Waals surface area contributed by atoms with Crippen molar-refractivity contribution in [2.45, 2.75) is 17.3 Å². The second kappa shape index (κ2) is 8.58. The van der Waals surface area contributed by atoms with Crippen LogP contribution in [0.15, 0.2) is 52.3 Å². The van der Waals surface area contributed by atoms with Crippen molar-refractivity contribution in [2.75, 3.05) is 6.54 Å². The Hall–Kier alpha value is -2.98. The van der Waals surface area contributed by atoms with E-state index in [1.807, 2.05) is 31.3 Å². The molecule has 0 atom stereocenters. The van der Waals surface area contributed by atoms with Gasteiger partial charge in [0.2, 0.25) is 0 Å². The van der Waals surface area contributed by atoms with E-state index in [4.69, 9.17) is 16.6 Å². The van der Waals surface area contributed by atoms with Crippen LogP contribution in [0.25, 0.3) is 11.0 Å². The molecule has 0 aliphatic heterocycles. The minimum Gasteiger partial charge on any atom is -0.451 e. The number of benzene rings is 1.